The van der Waals surface area contributed by atoms with Gasteiger partial charge in [-0.25, -0.2) is 4.39 Å². The Kier molecular flexibility index (Phi) is 4.12. The SMILES string of the molecule is Fc1ccc(OCc2ccc(OC(F)(F)F)cc2)cc1. The van der Waals surface area contributed by atoms with Crippen LogP contribution < -0.4 is 9.47 Å². The smallest absolute Gasteiger partial charge is 0.489 e. The van der Waals surface area contributed by atoms with Gasteiger partial charge in [0.05, 0.1) is 0 Å². The maximum absolute atomic E-state index is 12.7. The molecule has 20 heavy (non-hydrogen) atoms. The predicted molar refractivity (Wildman–Crippen MR) is 63.9 cm³/mol. The highest BCUT2D eigenvalue weighted by atomic mass is 19.4. The van der Waals surface area contributed by atoms with E-state index in [1.54, 1.807) is 0 Å². The van der Waals surface area contributed by atoms with Gasteiger partial charge in [-0.15, -0.1) is 13.2 Å². The highest BCUT2D eigenvalue weighted by Crippen LogP contribution is 2.23. The Morgan fingerprint density at radius 3 is 1.90 bits per heavy atom. The van der Waals surface area contributed by atoms with Gasteiger partial charge < -0.3 is 9.47 Å². The number of ether oxygens (including phenoxy) is 2. The molecular weight excluding hydrogens is 276 g/mol. The molecule has 2 aromatic rings. The lowest BCUT2D eigenvalue weighted by atomic mass is 10.2. The molecule has 0 aliphatic rings. The zero-order chi connectivity index (χ0) is 14.6. The van der Waals surface area contributed by atoms with Crippen LogP contribution in [-0.4, -0.2) is 6.36 Å². The molecule has 0 bridgehead atoms. The lowest BCUT2D eigenvalue weighted by molar-refractivity contribution is -0.274. The second kappa shape index (κ2) is 5.81. The number of rotatable bonds is 4. The van der Waals surface area contributed by atoms with Crippen molar-refractivity contribution in [3.05, 3.63) is 59.9 Å². The number of alkyl halides is 3. The first-order valence-corrected chi connectivity index (χ1v) is 5.65. The fourth-order valence-electron chi connectivity index (χ4n) is 1.48. The Hall–Kier alpha value is -2.24. The Morgan fingerprint density at radius 2 is 1.35 bits per heavy atom. The van der Waals surface area contributed by atoms with Gasteiger partial charge >= 0.3 is 6.36 Å². The molecule has 2 nitrogen and oxygen atoms in total. The second-order valence-corrected chi connectivity index (χ2v) is 3.93. The molecule has 2 aromatic carbocycles. The van der Waals surface area contributed by atoms with Gasteiger partial charge in [0.2, 0.25) is 0 Å². The van der Waals surface area contributed by atoms with E-state index in [4.69, 9.17) is 4.74 Å². The molecule has 0 amide bonds. The van der Waals surface area contributed by atoms with Crippen LogP contribution >= 0.6 is 0 Å². The molecule has 6 heteroatoms. The van der Waals surface area contributed by atoms with E-state index in [0.717, 1.165) is 0 Å². The predicted octanol–water partition coefficient (Wildman–Crippen LogP) is 4.30. The molecule has 0 spiro atoms. The van der Waals surface area contributed by atoms with E-state index in [0.29, 0.717) is 11.3 Å². The molecule has 0 radical (unpaired) electrons. The van der Waals surface area contributed by atoms with Crippen LogP contribution in [0.15, 0.2) is 48.5 Å². The fourth-order valence-corrected chi connectivity index (χ4v) is 1.48. The third-order valence-electron chi connectivity index (χ3n) is 2.38. The van der Waals surface area contributed by atoms with Gasteiger partial charge in [0.25, 0.3) is 0 Å². The first-order valence-electron chi connectivity index (χ1n) is 5.65. The molecule has 0 saturated heterocycles. The summed E-state index contributed by atoms with van der Waals surface area (Å²) in [5.74, 6) is -0.184. The Morgan fingerprint density at radius 1 is 0.800 bits per heavy atom. The highest BCUT2D eigenvalue weighted by Gasteiger charge is 2.30. The third-order valence-corrected chi connectivity index (χ3v) is 2.38. The van der Waals surface area contributed by atoms with E-state index in [9.17, 15) is 17.6 Å². The quantitative estimate of drug-likeness (QED) is 0.780. The lowest BCUT2D eigenvalue weighted by Crippen LogP contribution is -2.17. The minimum Gasteiger partial charge on any atom is -0.489 e. The van der Waals surface area contributed by atoms with Gasteiger partial charge in [-0.3, -0.25) is 0 Å². The summed E-state index contributed by atoms with van der Waals surface area (Å²) in [4.78, 5) is 0. The molecule has 0 aromatic heterocycles. The van der Waals surface area contributed by atoms with E-state index < -0.39 is 6.36 Å². The van der Waals surface area contributed by atoms with Crippen molar-refractivity contribution in [2.75, 3.05) is 0 Å². The number of hydrogen-bond acceptors (Lipinski definition) is 2. The molecule has 0 heterocycles. The first kappa shape index (κ1) is 14.2. The van der Waals surface area contributed by atoms with Crippen LogP contribution in [-0.2, 0) is 6.61 Å². The van der Waals surface area contributed by atoms with Crippen LogP contribution in [0.1, 0.15) is 5.56 Å². The molecule has 0 atom stereocenters. The summed E-state index contributed by atoms with van der Waals surface area (Å²) < 4.78 is 57.7. The zero-order valence-corrected chi connectivity index (χ0v) is 10.2. The van der Waals surface area contributed by atoms with E-state index in [1.807, 2.05) is 0 Å². The normalized spacial score (nSPS) is 11.2. The van der Waals surface area contributed by atoms with Gasteiger partial charge in [-0.1, -0.05) is 12.1 Å². The van der Waals surface area contributed by atoms with Crippen molar-refractivity contribution < 1.29 is 27.0 Å². The minimum atomic E-state index is -4.70. The summed E-state index contributed by atoms with van der Waals surface area (Å²) >= 11 is 0. The topological polar surface area (TPSA) is 18.5 Å². The molecule has 106 valence electrons. The first-order chi connectivity index (χ1) is 9.42. The summed E-state index contributed by atoms with van der Waals surface area (Å²) in [5, 5.41) is 0. The van der Waals surface area contributed by atoms with Gasteiger partial charge in [-0.05, 0) is 42.0 Å². The molecule has 0 aliphatic carbocycles. The number of hydrogen-bond donors (Lipinski definition) is 0. The summed E-state index contributed by atoms with van der Waals surface area (Å²) in [7, 11) is 0. The largest absolute Gasteiger partial charge is 0.573 e. The molecule has 0 saturated carbocycles. The summed E-state index contributed by atoms with van der Waals surface area (Å²) in [6.45, 7) is 0.165. The van der Waals surface area contributed by atoms with Crippen LogP contribution in [0.5, 0.6) is 11.5 Å². The van der Waals surface area contributed by atoms with Crippen molar-refractivity contribution in [3.63, 3.8) is 0 Å². The molecule has 0 unspecified atom stereocenters. The summed E-state index contributed by atoms with van der Waals surface area (Å²) in [5.41, 5.74) is 0.670. The van der Waals surface area contributed by atoms with E-state index in [-0.39, 0.29) is 18.2 Å². The minimum absolute atomic E-state index is 0.165. The van der Waals surface area contributed by atoms with Crippen molar-refractivity contribution in [1.82, 2.24) is 0 Å². The van der Waals surface area contributed by atoms with Gasteiger partial charge in [0.15, 0.2) is 0 Å². The number of benzene rings is 2. The van der Waals surface area contributed by atoms with Gasteiger partial charge in [-0.2, -0.15) is 0 Å². The third kappa shape index (κ3) is 4.46. The van der Waals surface area contributed by atoms with Crippen molar-refractivity contribution >= 4 is 0 Å². The van der Waals surface area contributed by atoms with Crippen LogP contribution in [0.2, 0.25) is 0 Å². The maximum atomic E-state index is 12.7. The van der Waals surface area contributed by atoms with E-state index in [1.165, 1.54) is 48.5 Å². The molecule has 2 rings (SSSR count). The standard InChI is InChI=1S/C14H10F4O2/c15-11-3-7-12(8-4-11)19-9-10-1-5-13(6-2-10)20-14(16,17)18/h1-8H,9H2. The average molecular weight is 286 g/mol. The van der Waals surface area contributed by atoms with E-state index in [2.05, 4.69) is 4.74 Å². The Balaban J connectivity index is 1.92. The van der Waals surface area contributed by atoms with Gasteiger partial charge in [0.1, 0.15) is 23.9 Å². The van der Waals surface area contributed by atoms with Crippen molar-refractivity contribution in [2.24, 2.45) is 0 Å². The Bertz CT molecular complexity index is 547. The number of halogens is 4. The monoisotopic (exact) mass is 286 g/mol. The maximum Gasteiger partial charge on any atom is 0.573 e. The lowest BCUT2D eigenvalue weighted by Gasteiger charge is -2.10. The highest BCUT2D eigenvalue weighted by molar-refractivity contribution is 5.28. The van der Waals surface area contributed by atoms with Crippen molar-refractivity contribution in [3.8, 4) is 11.5 Å². The average Bonchev–Trinajstić information content (AvgIpc) is 2.38. The van der Waals surface area contributed by atoms with Crippen LogP contribution in [0.4, 0.5) is 17.6 Å². The van der Waals surface area contributed by atoms with Crippen LogP contribution in [0.3, 0.4) is 0 Å². The summed E-state index contributed by atoms with van der Waals surface area (Å²) in [6.07, 6.45) is -4.70. The van der Waals surface area contributed by atoms with Crippen molar-refractivity contribution in [2.45, 2.75) is 13.0 Å². The van der Waals surface area contributed by atoms with E-state index >= 15 is 0 Å². The van der Waals surface area contributed by atoms with Gasteiger partial charge in [0, 0.05) is 0 Å². The summed E-state index contributed by atoms with van der Waals surface area (Å²) in [6, 6.07) is 10.8. The molecule has 0 N–H and O–H groups in total. The van der Waals surface area contributed by atoms with Crippen LogP contribution in [0, 0.1) is 5.82 Å². The van der Waals surface area contributed by atoms with Crippen molar-refractivity contribution in [1.29, 1.82) is 0 Å². The molecule has 0 aliphatic heterocycles. The molecular formula is C14H10F4O2. The second-order valence-electron chi connectivity index (χ2n) is 3.93. The fraction of sp³-hybridized carbons (Fsp3) is 0.143. The Labute approximate surface area is 112 Å². The molecule has 0 fully saturated rings. The van der Waals surface area contributed by atoms with Crippen LogP contribution in [0.25, 0.3) is 0 Å². The zero-order valence-electron chi connectivity index (χ0n) is 10.2.